The summed E-state index contributed by atoms with van der Waals surface area (Å²) in [5.41, 5.74) is 1.01. The van der Waals surface area contributed by atoms with E-state index in [0.29, 0.717) is 29.7 Å². The number of carbonyl (C=O) groups is 3. The minimum absolute atomic E-state index is 0.0138. The van der Waals surface area contributed by atoms with Crippen LogP contribution in [0.2, 0.25) is 0 Å². The lowest BCUT2D eigenvalue weighted by molar-refractivity contribution is -0.145. The molecule has 0 aliphatic heterocycles. The van der Waals surface area contributed by atoms with Crippen LogP contribution in [0.25, 0.3) is 0 Å². The monoisotopic (exact) mass is 334 g/mol. The summed E-state index contributed by atoms with van der Waals surface area (Å²) in [6.45, 7) is 5.44. The molecular formula is C19H26O5. The van der Waals surface area contributed by atoms with E-state index in [9.17, 15) is 14.4 Å². The van der Waals surface area contributed by atoms with Gasteiger partial charge in [-0.05, 0) is 38.0 Å². The Morgan fingerprint density at radius 3 is 2.17 bits per heavy atom. The van der Waals surface area contributed by atoms with Crippen molar-refractivity contribution in [1.29, 1.82) is 0 Å². The van der Waals surface area contributed by atoms with Gasteiger partial charge in [-0.3, -0.25) is 14.4 Å². The van der Waals surface area contributed by atoms with Gasteiger partial charge in [0.25, 0.3) is 0 Å². The van der Waals surface area contributed by atoms with Crippen LogP contribution < -0.4 is 4.74 Å². The van der Waals surface area contributed by atoms with Crippen LogP contribution in [0.4, 0.5) is 0 Å². The molecule has 0 aliphatic carbocycles. The quantitative estimate of drug-likeness (QED) is 0.364. The predicted molar refractivity (Wildman–Crippen MR) is 90.9 cm³/mol. The van der Waals surface area contributed by atoms with Gasteiger partial charge in [0.2, 0.25) is 0 Å². The number of ether oxygens (including phenoxy) is 2. The Labute approximate surface area is 143 Å². The fraction of sp³-hybridized carbons (Fsp3) is 0.526. The van der Waals surface area contributed by atoms with Gasteiger partial charge in [0.05, 0.1) is 0 Å². The summed E-state index contributed by atoms with van der Waals surface area (Å²) in [7, 11) is 0. The van der Waals surface area contributed by atoms with Gasteiger partial charge in [0, 0.05) is 24.0 Å². The van der Waals surface area contributed by atoms with Crippen LogP contribution in [-0.4, -0.2) is 17.7 Å². The summed E-state index contributed by atoms with van der Waals surface area (Å²) < 4.78 is 10.6. The molecule has 0 atom stereocenters. The molecule has 0 radical (unpaired) electrons. The van der Waals surface area contributed by atoms with Crippen LogP contribution in [0.15, 0.2) is 18.2 Å². The molecule has 0 fully saturated rings. The number of Topliss-reactive ketones (excluding diaryl/α,β-unsaturated/α-hetero) is 1. The normalized spacial score (nSPS) is 10.3. The second-order valence-corrected chi connectivity index (χ2v) is 5.72. The largest absolute Gasteiger partial charge is 0.461 e. The Kier molecular flexibility index (Phi) is 8.76. The molecule has 0 bridgehead atoms. The topological polar surface area (TPSA) is 69.7 Å². The van der Waals surface area contributed by atoms with Crippen LogP contribution >= 0.6 is 0 Å². The summed E-state index contributed by atoms with van der Waals surface area (Å²) in [5.74, 6) is -0.388. The Bertz CT molecular complexity index is 577. The van der Waals surface area contributed by atoms with Crippen molar-refractivity contribution in [2.75, 3.05) is 0 Å². The minimum Gasteiger partial charge on any atom is -0.461 e. The van der Waals surface area contributed by atoms with Gasteiger partial charge in [-0.1, -0.05) is 26.7 Å². The van der Waals surface area contributed by atoms with E-state index in [1.165, 1.54) is 6.92 Å². The lowest BCUT2D eigenvalue weighted by Gasteiger charge is -2.12. The number of rotatable bonds is 10. The van der Waals surface area contributed by atoms with Crippen molar-refractivity contribution in [2.24, 2.45) is 0 Å². The lowest BCUT2D eigenvalue weighted by atomic mass is 10.1. The van der Waals surface area contributed by atoms with Gasteiger partial charge in [-0.2, -0.15) is 0 Å². The van der Waals surface area contributed by atoms with Crippen molar-refractivity contribution >= 4 is 17.7 Å². The first kappa shape index (κ1) is 19.9. The highest BCUT2D eigenvalue weighted by molar-refractivity contribution is 5.94. The minimum atomic E-state index is -0.328. The van der Waals surface area contributed by atoms with E-state index >= 15 is 0 Å². The molecule has 5 nitrogen and oxygen atoms in total. The third-order valence-electron chi connectivity index (χ3n) is 3.55. The number of unbranched alkanes of at least 4 members (excludes halogenated alkanes) is 2. The SMILES string of the molecule is CCCCC(=O)OCc1cc(C(C)=O)ccc1OC(=O)CCCC. The first-order valence-corrected chi connectivity index (χ1v) is 8.48. The zero-order chi connectivity index (χ0) is 17.9. The van der Waals surface area contributed by atoms with Crippen molar-refractivity contribution in [2.45, 2.75) is 65.9 Å². The molecule has 1 rings (SSSR count). The van der Waals surface area contributed by atoms with Gasteiger partial charge in [-0.25, -0.2) is 0 Å². The van der Waals surface area contributed by atoms with Gasteiger partial charge in [0.1, 0.15) is 12.4 Å². The summed E-state index contributed by atoms with van der Waals surface area (Å²) in [5, 5.41) is 0. The maximum Gasteiger partial charge on any atom is 0.311 e. The number of benzene rings is 1. The van der Waals surface area contributed by atoms with Gasteiger partial charge in [0.15, 0.2) is 5.78 Å². The van der Waals surface area contributed by atoms with E-state index < -0.39 is 0 Å². The Balaban J connectivity index is 2.83. The number of esters is 2. The summed E-state index contributed by atoms with van der Waals surface area (Å²) in [4.78, 5) is 35.0. The maximum atomic E-state index is 11.8. The molecule has 0 heterocycles. The molecule has 0 saturated heterocycles. The smallest absolute Gasteiger partial charge is 0.311 e. The molecular weight excluding hydrogens is 308 g/mol. The van der Waals surface area contributed by atoms with E-state index in [2.05, 4.69) is 0 Å². The Hall–Kier alpha value is -2.17. The molecule has 24 heavy (non-hydrogen) atoms. The standard InChI is InChI=1S/C19H26O5/c1-4-6-8-18(21)23-13-16-12-15(14(3)20)10-11-17(16)24-19(22)9-7-5-2/h10-12H,4-9,13H2,1-3H3. The summed E-state index contributed by atoms with van der Waals surface area (Å²) in [6.07, 6.45) is 4.03. The second-order valence-electron chi connectivity index (χ2n) is 5.72. The molecule has 132 valence electrons. The van der Waals surface area contributed by atoms with Crippen molar-refractivity contribution in [3.63, 3.8) is 0 Å². The highest BCUT2D eigenvalue weighted by Gasteiger charge is 2.13. The zero-order valence-electron chi connectivity index (χ0n) is 14.7. The molecule has 0 N–H and O–H groups in total. The van der Waals surface area contributed by atoms with Crippen LogP contribution in [0.1, 0.15) is 75.2 Å². The second kappa shape index (κ2) is 10.6. The molecule has 0 amide bonds. The number of hydrogen-bond donors (Lipinski definition) is 0. The molecule has 0 aromatic heterocycles. The van der Waals surface area contributed by atoms with E-state index in [1.54, 1.807) is 18.2 Å². The summed E-state index contributed by atoms with van der Waals surface area (Å²) >= 11 is 0. The van der Waals surface area contributed by atoms with Gasteiger partial charge >= 0.3 is 11.9 Å². The molecule has 0 unspecified atom stereocenters. The molecule has 5 heteroatoms. The highest BCUT2D eigenvalue weighted by Crippen LogP contribution is 2.23. The third kappa shape index (κ3) is 6.94. The third-order valence-corrected chi connectivity index (χ3v) is 3.55. The first-order chi connectivity index (χ1) is 11.5. The van der Waals surface area contributed by atoms with Crippen LogP contribution in [0.5, 0.6) is 5.75 Å². The van der Waals surface area contributed by atoms with Crippen molar-refractivity contribution in [3.8, 4) is 5.75 Å². The molecule has 0 spiro atoms. The van der Waals surface area contributed by atoms with Gasteiger partial charge < -0.3 is 9.47 Å². The Morgan fingerprint density at radius 1 is 0.958 bits per heavy atom. The number of hydrogen-bond acceptors (Lipinski definition) is 5. The lowest BCUT2D eigenvalue weighted by Crippen LogP contribution is -2.11. The Morgan fingerprint density at radius 2 is 1.58 bits per heavy atom. The molecule has 1 aromatic rings. The van der Waals surface area contributed by atoms with E-state index in [4.69, 9.17) is 9.47 Å². The van der Waals surface area contributed by atoms with Gasteiger partial charge in [-0.15, -0.1) is 0 Å². The van der Waals surface area contributed by atoms with Crippen molar-refractivity contribution < 1.29 is 23.9 Å². The predicted octanol–water partition coefficient (Wildman–Crippen LogP) is 4.22. The zero-order valence-corrected chi connectivity index (χ0v) is 14.7. The molecule has 1 aromatic carbocycles. The van der Waals surface area contributed by atoms with Crippen LogP contribution in [0.3, 0.4) is 0 Å². The van der Waals surface area contributed by atoms with E-state index in [1.807, 2.05) is 13.8 Å². The highest BCUT2D eigenvalue weighted by atomic mass is 16.5. The molecule has 0 saturated carbocycles. The van der Waals surface area contributed by atoms with E-state index in [-0.39, 0.29) is 24.3 Å². The first-order valence-electron chi connectivity index (χ1n) is 8.48. The van der Waals surface area contributed by atoms with E-state index in [0.717, 1.165) is 25.7 Å². The van der Waals surface area contributed by atoms with Crippen molar-refractivity contribution in [1.82, 2.24) is 0 Å². The maximum absolute atomic E-state index is 11.8. The average molecular weight is 334 g/mol. The number of ketones is 1. The van der Waals surface area contributed by atoms with Crippen LogP contribution in [-0.2, 0) is 20.9 Å². The molecule has 0 aliphatic rings. The van der Waals surface area contributed by atoms with Crippen LogP contribution in [0, 0.1) is 0 Å². The van der Waals surface area contributed by atoms with Crippen molar-refractivity contribution in [3.05, 3.63) is 29.3 Å². The fourth-order valence-electron chi connectivity index (χ4n) is 2.06. The average Bonchev–Trinajstić information content (AvgIpc) is 2.56. The fourth-order valence-corrected chi connectivity index (χ4v) is 2.06. The number of carbonyl (C=O) groups excluding carboxylic acids is 3. The summed E-state index contributed by atoms with van der Waals surface area (Å²) in [6, 6.07) is 4.79.